The van der Waals surface area contributed by atoms with Crippen LogP contribution in [0.1, 0.15) is 20.3 Å². The van der Waals surface area contributed by atoms with Gasteiger partial charge in [0.05, 0.1) is 17.8 Å². The van der Waals surface area contributed by atoms with Gasteiger partial charge in [-0.25, -0.2) is 0 Å². The minimum absolute atomic E-state index is 0.00596. The summed E-state index contributed by atoms with van der Waals surface area (Å²) in [6.45, 7) is 4.11. The zero-order chi connectivity index (χ0) is 15.6. The van der Waals surface area contributed by atoms with Crippen LogP contribution < -0.4 is 15.0 Å². The van der Waals surface area contributed by atoms with Gasteiger partial charge in [0, 0.05) is 19.0 Å². The normalized spacial score (nSPS) is 19.5. The van der Waals surface area contributed by atoms with Gasteiger partial charge < -0.3 is 15.0 Å². The van der Waals surface area contributed by atoms with E-state index >= 15 is 0 Å². The van der Waals surface area contributed by atoms with Crippen LogP contribution in [-0.4, -0.2) is 31.5 Å². The zero-order valence-corrected chi connectivity index (χ0v) is 13.1. The third-order valence-electron chi connectivity index (χ3n) is 3.52. The van der Waals surface area contributed by atoms with Crippen LogP contribution in [0.5, 0.6) is 5.75 Å². The van der Waals surface area contributed by atoms with Gasteiger partial charge in [0.2, 0.25) is 11.8 Å². The molecule has 1 aliphatic heterocycles. The van der Waals surface area contributed by atoms with Gasteiger partial charge in [0.25, 0.3) is 0 Å². The number of ether oxygens (including phenoxy) is 1. The van der Waals surface area contributed by atoms with E-state index in [1.807, 2.05) is 13.8 Å². The van der Waals surface area contributed by atoms with Crippen LogP contribution in [0, 0.1) is 5.92 Å². The number of carbonyl (C=O) groups is 2. The average molecular weight is 311 g/mol. The second-order valence-electron chi connectivity index (χ2n) is 5.35. The first kappa shape index (κ1) is 15.6. The van der Waals surface area contributed by atoms with Crippen molar-refractivity contribution in [2.75, 3.05) is 18.6 Å². The Morgan fingerprint density at radius 1 is 1.38 bits per heavy atom. The number of methoxy groups -OCH3 is 1. The Labute approximate surface area is 129 Å². The summed E-state index contributed by atoms with van der Waals surface area (Å²) >= 11 is 6.21. The van der Waals surface area contributed by atoms with Gasteiger partial charge in [-0.1, -0.05) is 25.4 Å². The van der Waals surface area contributed by atoms with Crippen molar-refractivity contribution in [1.29, 1.82) is 0 Å². The molecule has 2 rings (SSSR count). The van der Waals surface area contributed by atoms with E-state index in [0.29, 0.717) is 23.0 Å². The molecule has 1 heterocycles. The van der Waals surface area contributed by atoms with E-state index in [0.717, 1.165) is 0 Å². The smallest absolute Gasteiger partial charge is 0.249 e. The summed E-state index contributed by atoms with van der Waals surface area (Å²) in [5.41, 5.74) is 0.572. The summed E-state index contributed by atoms with van der Waals surface area (Å²) in [5.74, 6) is 0.354. The predicted molar refractivity (Wildman–Crippen MR) is 81.7 cm³/mol. The van der Waals surface area contributed by atoms with Crippen molar-refractivity contribution in [3.05, 3.63) is 23.2 Å². The molecule has 0 aliphatic carbocycles. The van der Waals surface area contributed by atoms with E-state index in [-0.39, 0.29) is 24.2 Å². The molecule has 1 N–H and O–H groups in total. The summed E-state index contributed by atoms with van der Waals surface area (Å²) in [6.07, 6.45) is 0.252. The fourth-order valence-corrected chi connectivity index (χ4v) is 2.54. The number of benzene rings is 1. The zero-order valence-electron chi connectivity index (χ0n) is 12.4. The number of nitrogens with zero attached hydrogens (tertiary/aromatic N) is 1. The third kappa shape index (κ3) is 3.29. The maximum absolute atomic E-state index is 12.7. The summed E-state index contributed by atoms with van der Waals surface area (Å²) in [5, 5.41) is 3.23. The maximum atomic E-state index is 12.7. The van der Waals surface area contributed by atoms with Crippen LogP contribution >= 0.6 is 11.6 Å². The van der Waals surface area contributed by atoms with Crippen molar-refractivity contribution < 1.29 is 14.3 Å². The minimum atomic E-state index is -0.540. The van der Waals surface area contributed by atoms with E-state index in [1.165, 1.54) is 0 Å². The van der Waals surface area contributed by atoms with Gasteiger partial charge >= 0.3 is 0 Å². The van der Waals surface area contributed by atoms with Gasteiger partial charge in [-0.05, 0) is 18.1 Å². The number of hydrogen-bond acceptors (Lipinski definition) is 3. The number of carbonyl (C=O) groups excluding carboxylic acids is 2. The molecule has 0 bridgehead atoms. The highest BCUT2D eigenvalue weighted by Crippen LogP contribution is 2.31. The first-order chi connectivity index (χ1) is 9.93. The summed E-state index contributed by atoms with van der Waals surface area (Å²) < 4.78 is 5.18. The Bertz CT molecular complexity index is 560. The molecule has 0 saturated carbocycles. The monoisotopic (exact) mass is 310 g/mol. The van der Waals surface area contributed by atoms with E-state index in [9.17, 15) is 9.59 Å². The van der Waals surface area contributed by atoms with Gasteiger partial charge in [-0.2, -0.15) is 0 Å². The average Bonchev–Trinajstić information content (AvgIpc) is 2.59. The van der Waals surface area contributed by atoms with Crippen LogP contribution in [0.2, 0.25) is 5.02 Å². The Hall–Kier alpha value is -1.75. The van der Waals surface area contributed by atoms with Crippen LogP contribution in [0.25, 0.3) is 0 Å². The lowest BCUT2D eigenvalue weighted by atomic mass is 10.0. The molecule has 0 aromatic heterocycles. The molecular weight excluding hydrogens is 292 g/mol. The Morgan fingerprint density at radius 3 is 2.71 bits per heavy atom. The number of rotatable bonds is 3. The largest absolute Gasteiger partial charge is 0.497 e. The van der Waals surface area contributed by atoms with Crippen molar-refractivity contribution in [2.24, 2.45) is 5.92 Å². The number of nitrogens with one attached hydrogen (secondary N) is 1. The molecule has 0 radical (unpaired) electrons. The molecule has 21 heavy (non-hydrogen) atoms. The van der Waals surface area contributed by atoms with Gasteiger partial charge in [-0.15, -0.1) is 0 Å². The topological polar surface area (TPSA) is 58.6 Å². The third-order valence-corrected chi connectivity index (χ3v) is 3.84. The molecule has 6 heteroatoms. The van der Waals surface area contributed by atoms with Crippen molar-refractivity contribution in [1.82, 2.24) is 5.32 Å². The molecule has 1 aromatic rings. The van der Waals surface area contributed by atoms with Crippen molar-refractivity contribution in [3.8, 4) is 5.75 Å². The first-order valence-corrected chi connectivity index (χ1v) is 7.26. The minimum Gasteiger partial charge on any atom is -0.497 e. The highest BCUT2D eigenvalue weighted by molar-refractivity contribution is 6.34. The molecule has 1 unspecified atom stereocenters. The van der Waals surface area contributed by atoms with Gasteiger partial charge in [0.1, 0.15) is 11.8 Å². The van der Waals surface area contributed by atoms with Gasteiger partial charge in [0.15, 0.2) is 0 Å². The van der Waals surface area contributed by atoms with E-state index in [2.05, 4.69) is 5.32 Å². The van der Waals surface area contributed by atoms with Crippen molar-refractivity contribution >= 4 is 29.1 Å². The van der Waals surface area contributed by atoms with E-state index in [4.69, 9.17) is 16.3 Å². The van der Waals surface area contributed by atoms with Crippen LogP contribution in [-0.2, 0) is 9.59 Å². The molecule has 1 saturated heterocycles. The molecule has 5 nitrogen and oxygen atoms in total. The molecule has 1 aliphatic rings. The molecule has 2 amide bonds. The standard InChI is InChI=1S/C15H19ClN2O3/c1-9(2)14-15(20)18(7-6-13(19)17-14)12-8-10(21-3)4-5-11(12)16/h4-5,8-9,14H,6-7H2,1-3H3,(H,17,19). The van der Waals surface area contributed by atoms with Gasteiger partial charge in [-0.3, -0.25) is 9.59 Å². The van der Waals surface area contributed by atoms with E-state index in [1.54, 1.807) is 30.2 Å². The Balaban J connectivity index is 2.41. The van der Waals surface area contributed by atoms with Crippen molar-refractivity contribution in [2.45, 2.75) is 26.3 Å². The lowest BCUT2D eigenvalue weighted by Gasteiger charge is -2.27. The number of amides is 2. The lowest BCUT2D eigenvalue weighted by molar-refractivity contribution is -0.126. The van der Waals surface area contributed by atoms with Crippen molar-refractivity contribution in [3.63, 3.8) is 0 Å². The van der Waals surface area contributed by atoms with E-state index < -0.39 is 6.04 Å². The first-order valence-electron chi connectivity index (χ1n) is 6.88. The molecule has 1 atom stereocenters. The Morgan fingerprint density at radius 2 is 2.10 bits per heavy atom. The fourth-order valence-electron chi connectivity index (χ4n) is 2.32. The Kier molecular flexibility index (Phi) is 4.73. The quantitative estimate of drug-likeness (QED) is 0.931. The number of anilines is 1. The lowest BCUT2D eigenvalue weighted by Crippen LogP contribution is -2.47. The molecule has 114 valence electrons. The highest BCUT2D eigenvalue weighted by Gasteiger charge is 2.33. The van der Waals surface area contributed by atoms with Crippen LogP contribution in [0.15, 0.2) is 18.2 Å². The van der Waals surface area contributed by atoms with Crippen LogP contribution in [0.3, 0.4) is 0 Å². The number of hydrogen-bond donors (Lipinski definition) is 1. The molecule has 1 aromatic carbocycles. The SMILES string of the molecule is COc1ccc(Cl)c(N2CCC(=O)NC(C(C)C)C2=O)c1. The second-order valence-corrected chi connectivity index (χ2v) is 5.75. The summed E-state index contributed by atoms with van der Waals surface area (Å²) in [7, 11) is 1.55. The second kappa shape index (κ2) is 6.35. The fraction of sp³-hybridized carbons (Fsp3) is 0.467. The molecule has 1 fully saturated rings. The van der Waals surface area contributed by atoms with Crippen LogP contribution in [0.4, 0.5) is 5.69 Å². The summed E-state index contributed by atoms with van der Waals surface area (Å²) in [6, 6.07) is 4.60. The molecular formula is C15H19ClN2O3. The number of halogens is 1. The molecule has 0 spiro atoms. The predicted octanol–water partition coefficient (Wildman–Crippen LogP) is 2.23. The maximum Gasteiger partial charge on any atom is 0.249 e. The summed E-state index contributed by atoms with van der Waals surface area (Å²) in [4.78, 5) is 26.0. The highest BCUT2D eigenvalue weighted by atomic mass is 35.5.